The highest BCUT2D eigenvalue weighted by molar-refractivity contribution is 5.92. The first-order valence-electron chi connectivity index (χ1n) is 8.66. The van der Waals surface area contributed by atoms with Crippen molar-refractivity contribution in [3.8, 4) is 11.5 Å². The van der Waals surface area contributed by atoms with Crippen LogP contribution in [-0.2, 0) is 11.3 Å². The molecule has 0 spiro atoms. The summed E-state index contributed by atoms with van der Waals surface area (Å²) in [7, 11) is 0. The fraction of sp³-hybridized carbons (Fsp3) is 0.333. The zero-order valence-electron chi connectivity index (χ0n) is 14.6. The Bertz CT molecular complexity index is 851. The molecule has 3 heterocycles. The van der Waals surface area contributed by atoms with E-state index in [1.54, 1.807) is 11.0 Å². The zero-order chi connectivity index (χ0) is 18.6. The van der Waals surface area contributed by atoms with E-state index in [-0.39, 0.29) is 12.7 Å². The molecule has 2 aromatic rings. The number of fused-ring (bicyclic) bond motifs is 1. The van der Waals surface area contributed by atoms with Gasteiger partial charge in [0.05, 0.1) is 0 Å². The minimum absolute atomic E-state index is 0.218. The lowest BCUT2D eigenvalue weighted by molar-refractivity contribution is -0.118. The monoisotopic (exact) mass is 369 g/mol. The molecule has 27 heavy (non-hydrogen) atoms. The first-order valence-corrected chi connectivity index (χ1v) is 8.66. The number of anilines is 1. The molecule has 0 saturated carbocycles. The summed E-state index contributed by atoms with van der Waals surface area (Å²) in [6, 6.07) is 7.23. The van der Waals surface area contributed by atoms with Gasteiger partial charge in [-0.2, -0.15) is 0 Å². The first-order chi connectivity index (χ1) is 13.2. The number of hydrogen-bond acceptors (Lipinski definition) is 7. The second-order valence-corrected chi connectivity index (χ2v) is 6.26. The summed E-state index contributed by atoms with van der Waals surface area (Å²) < 4.78 is 10.6. The van der Waals surface area contributed by atoms with E-state index in [0.29, 0.717) is 55.7 Å². The van der Waals surface area contributed by atoms with Gasteiger partial charge in [0, 0.05) is 38.8 Å². The SMILES string of the molecule is O=CN1CCN(c2cc(C(=O)NCc3ccc4c(c3)OCO4)ncn2)CC1. The molecule has 1 N–H and O–H groups in total. The van der Waals surface area contributed by atoms with Crippen LogP contribution >= 0.6 is 0 Å². The van der Waals surface area contributed by atoms with Gasteiger partial charge in [0.1, 0.15) is 17.8 Å². The third-order valence-electron chi connectivity index (χ3n) is 4.56. The van der Waals surface area contributed by atoms with Crippen molar-refractivity contribution in [2.24, 2.45) is 0 Å². The van der Waals surface area contributed by atoms with E-state index in [0.717, 1.165) is 12.0 Å². The van der Waals surface area contributed by atoms with Crippen LogP contribution in [0.5, 0.6) is 11.5 Å². The van der Waals surface area contributed by atoms with Crippen LogP contribution in [0.2, 0.25) is 0 Å². The number of piperazine rings is 1. The number of ether oxygens (including phenoxy) is 2. The van der Waals surface area contributed by atoms with Crippen molar-refractivity contribution in [1.29, 1.82) is 0 Å². The smallest absolute Gasteiger partial charge is 0.270 e. The second kappa shape index (κ2) is 7.48. The van der Waals surface area contributed by atoms with Crippen LogP contribution in [0, 0.1) is 0 Å². The van der Waals surface area contributed by atoms with Crippen molar-refractivity contribution in [3.63, 3.8) is 0 Å². The number of amides is 2. The number of benzene rings is 1. The molecule has 1 fully saturated rings. The van der Waals surface area contributed by atoms with E-state index in [4.69, 9.17) is 9.47 Å². The molecule has 0 atom stereocenters. The van der Waals surface area contributed by atoms with Crippen LogP contribution in [0.4, 0.5) is 5.82 Å². The van der Waals surface area contributed by atoms with Crippen molar-refractivity contribution < 1.29 is 19.1 Å². The van der Waals surface area contributed by atoms with Gasteiger partial charge in [-0.1, -0.05) is 6.07 Å². The summed E-state index contributed by atoms with van der Waals surface area (Å²) in [5, 5.41) is 2.85. The Labute approximate surface area is 155 Å². The van der Waals surface area contributed by atoms with E-state index in [1.165, 1.54) is 6.33 Å². The van der Waals surface area contributed by atoms with Crippen LogP contribution in [-0.4, -0.2) is 60.2 Å². The third-order valence-corrected chi connectivity index (χ3v) is 4.56. The average molecular weight is 369 g/mol. The molecule has 0 bridgehead atoms. The molecule has 2 amide bonds. The molecular formula is C18H19N5O4. The quantitative estimate of drug-likeness (QED) is 0.763. The Morgan fingerprint density at radius 1 is 1.11 bits per heavy atom. The van der Waals surface area contributed by atoms with Crippen molar-refractivity contribution in [3.05, 3.63) is 41.9 Å². The fourth-order valence-electron chi connectivity index (χ4n) is 3.02. The van der Waals surface area contributed by atoms with Crippen molar-refractivity contribution in [2.75, 3.05) is 37.9 Å². The number of nitrogens with zero attached hydrogens (tertiary/aromatic N) is 4. The van der Waals surface area contributed by atoms with Gasteiger partial charge in [-0.25, -0.2) is 9.97 Å². The number of hydrogen-bond donors (Lipinski definition) is 1. The van der Waals surface area contributed by atoms with E-state index in [1.807, 2.05) is 23.1 Å². The van der Waals surface area contributed by atoms with Gasteiger partial charge in [0.25, 0.3) is 5.91 Å². The van der Waals surface area contributed by atoms with Crippen molar-refractivity contribution >= 4 is 18.1 Å². The largest absolute Gasteiger partial charge is 0.454 e. The highest BCUT2D eigenvalue weighted by Gasteiger charge is 2.19. The maximum absolute atomic E-state index is 12.5. The van der Waals surface area contributed by atoms with Crippen LogP contribution in [0.3, 0.4) is 0 Å². The predicted octanol–water partition coefficient (Wildman–Crippen LogP) is 0.414. The molecule has 0 aliphatic carbocycles. The molecule has 140 valence electrons. The summed E-state index contributed by atoms with van der Waals surface area (Å²) in [4.78, 5) is 35.3. The van der Waals surface area contributed by atoms with Crippen LogP contribution in [0.25, 0.3) is 0 Å². The minimum Gasteiger partial charge on any atom is -0.454 e. The average Bonchev–Trinajstić information content (AvgIpc) is 3.20. The molecule has 1 aromatic carbocycles. The second-order valence-electron chi connectivity index (χ2n) is 6.26. The Kier molecular flexibility index (Phi) is 4.73. The molecular weight excluding hydrogens is 350 g/mol. The lowest BCUT2D eigenvalue weighted by Crippen LogP contribution is -2.46. The molecule has 0 unspecified atom stereocenters. The summed E-state index contributed by atoms with van der Waals surface area (Å²) in [5.74, 6) is 1.80. The summed E-state index contributed by atoms with van der Waals surface area (Å²) >= 11 is 0. The van der Waals surface area contributed by atoms with Crippen LogP contribution in [0.1, 0.15) is 16.1 Å². The van der Waals surface area contributed by atoms with Gasteiger partial charge < -0.3 is 24.6 Å². The molecule has 2 aliphatic heterocycles. The zero-order valence-corrected chi connectivity index (χ0v) is 14.6. The number of aromatic nitrogens is 2. The summed E-state index contributed by atoms with van der Waals surface area (Å²) in [5.41, 5.74) is 1.21. The first kappa shape index (κ1) is 17.1. The summed E-state index contributed by atoms with van der Waals surface area (Å²) in [6.07, 6.45) is 2.24. The highest BCUT2D eigenvalue weighted by atomic mass is 16.7. The van der Waals surface area contributed by atoms with E-state index < -0.39 is 0 Å². The lowest BCUT2D eigenvalue weighted by Gasteiger charge is -2.33. The van der Waals surface area contributed by atoms with Gasteiger partial charge in [-0.3, -0.25) is 9.59 Å². The highest BCUT2D eigenvalue weighted by Crippen LogP contribution is 2.32. The molecule has 1 saturated heterocycles. The van der Waals surface area contributed by atoms with Gasteiger partial charge in [0.2, 0.25) is 13.2 Å². The molecule has 9 nitrogen and oxygen atoms in total. The molecule has 1 aromatic heterocycles. The van der Waals surface area contributed by atoms with Crippen molar-refractivity contribution in [1.82, 2.24) is 20.2 Å². The van der Waals surface area contributed by atoms with E-state index in [9.17, 15) is 9.59 Å². The molecule has 9 heteroatoms. The maximum atomic E-state index is 12.5. The van der Waals surface area contributed by atoms with Gasteiger partial charge >= 0.3 is 0 Å². The van der Waals surface area contributed by atoms with E-state index in [2.05, 4.69) is 15.3 Å². The Hall–Kier alpha value is -3.36. The standard InChI is InChI=1S/C18H19N5O4/c24-11-22-3-5-23(6-4-22)17-8-14(20-10-21-17)18(25)19-9-13-1-2-15-16(7-13)27-12-26-15/h1-2,7-8,10-11H,3-6,9,12H2,(H,19,25). The Balaban J connectivity index is 1.38. The van der Waals surface area contributed by atoms with Gasteiger partial charge in [-0.05, 0) is 17.7 Å². The topological polar surface area (TPSA) is 96.9 Å². The van der Waals surface area contributed by atoms with E-state index >= 15 is 0 Å². The Morgan fingerprint density at radius 3 is 2.74 bits per heavy atom. The molecule has 4 rings (SSSR count). The maximum Gasteiger partial charge on any atom is 0.270 e. The Morgan fingerprint density at radius 2 is 1.93 bits per heavy atom. The number of carbonyl (C=O) groups excluding carboxylic acids is 2. The summed E-state index contributed by atoms with van der Waals surface area (Å²) in [6.45, 7) is 3.20. The minimum atomic E-state index is -0.275. The predicted molar refractivity (Wildman–Crippen MR) is 95.6 cm³/mol. The number of nitrogens with one attached hydrogen (secondary N) is 1. The van der Waals surface area contributed by atoms with Gasteiger partial charge in [0.15, 0.2) is 11.5 Å². The van der Waals surface area contributed by atoms with Crippen LogP contribution in [0.15, 0.2) is 30.6 Å². The molecule has 0 radical (unpaired) electrons. The number of rotatable bonds is 5. The normalized spacial score (nSPS) is 15.6. The fourth-order valence-corrected chi connectivity index (χ4v) is 3.02. The lowest BCUT2D eigenvalue weighted by atomic mass is 10.2. The van der Waals surface area contributed by atoms with Gasteiger partial charge in [-0.15, -0.1) is 0 Å². The van der Waals surface area contributed by atoms with Crippen molar-refractivity contribution in [2.45, 2.75) is 6.54 Å². The van der Waals surface area contributed by atoms with Crippen LogP contribution < -0.4 is 19.7 Å². The molecule has 2 aliphatic rings. The number of carbonyl (C=O) groups is 2. The third kappa shape index (κ3) is 3.76.